The van der Waals surface area contributed by atoms with Crippen molar-refractivity contribution in [1.29, 1.82) is 0 Å². The van der Waals surface area contributed by atoms with Gasteiger partial charge in [-0.2, -0.15) is 0 Å². The molecule has 0 unspecified atom stereocenters. The Morgan fingerprint density at radius 3 is 2.60 bits per heavy atom. The normalized spacial score (nSPS) is 14.9. The summed E-state index contributed by atoms with van der Waals surface area (Å²) in [6, 6.07) is 7.82. The maximum Gasteiger partial charge on any atom is 0.268 e. The van der Waals surface area contributed by atoms with E-state index in [1.165, 1.54) is 22.2 Å². The van der Waals surface area contributed by atoms with E-state index in [0.717, 1.165) is 35.0 Å². The summed E-state index contributed by atoms with van der Waals surface area (Å²) in [5.41, 5.74) is 3.89. The topological polar surface area (TPSA) is 42.3 Å². The van der Waals surface area contributed by atoms with Crippen molar-refractivity contribution in [2.45, 2.75) is 18.2 Å². The Balaban J connectivity index is 2.09. The van der Waals surface area contributed by atoms with Gasteiger partial charge in [0, 0.05) is 29.3 Å². The van der Waals surface area contributed by atoms with Crippen molar-refractivity contribution in [3.63, 3.8) is 0 Å². The zero-order chi connectivity index (χ0) is 17.9. The molecule has 1 aliphatic rings. The van der Waals surface area contributed by atoms with Gasteiger partial charge >= 0.3 is 0 Å². The van der Waals surface area contributed by atoms with Gasteiger partial charge in [0.25, 0.3) is 10.0 Å². The summed E-state index contributed by atoms with van der Waals surface area (Å²) in [4.78, 5) is 2.22. The van der Waals surface area contributed by atoms with Crippen LogP contribution in [0.5, 0.6) is 0 Å². The fraction of sp³-hybridized carbons (Fsp3) is 0.263. The molecule has 0 spiro atoms. The van der Waals surface area contributed by atoms with Gasteiger partial charge in [-0.15, -0.1) is 0 Å². The lowest BCUT2D eigenvalue weighted by Crippen LogP contribution is -2.17. The van der Waals surface area contributed by atoms with E-state index in [1.54, 1.807) is 6.20 Å². The maximum absolute atomic E-state index is 13.8. The molecule has 4 rings (SSSR count). The molecule has 3 aromatic rings. The fourth-order valence-corrected chi connectivity index (χ4v) is 5.12. The number of likely N-dealkylation sites (N-methyl/N-ethyl adjacent to an activating group) is 1. The lowest BCUT2D eigenvalue weighted by atomic mass is 9.98. The minimum Gasteiger partial charge on any atom is -0.309 e. The number of halogens is 1. The highest BCUT2D eigenvalue weighted by atomic mass is 32.2. The third-order valence-electron chi connectivity index (χ3n) is 4.69. The molecule has 0 radical (unpaired) electrons. The molecule has 25 heavy (non-hydrogen) atoms. The predicted molar refractivity (Wildman–Crippen MR) is 96.9 cm³/mol. The number of nitrogens with zero attached hydrogens (tertiary/aromatic N) is 2. The lowest BCUT2D eigenvalue weighted by Gasteiger charge is -2.20. The summed E-state index contributed by atoms with van der Waals surface area (Å²) in [6.07, 6.45) is 2.47. The molecular weight excluding hydrogens is 339 g/mol. The second kappa shape index (κ2) is 5.41. The molecule has 0 saturated heterocycles. The number of hydrogen-bond donors (Lipinski definition) is 0. The van der Waals surface area contributed by atoms with Crippen molar-refractivity contribution in [2.24, 2.45) is 0 Å². The summed E-state index contributed by atoms with van der Waals surface area (Å²) in [5.74, 6) is -0.434. The fourth-order valence-electron chi connectivity index (χ4n) is 3.52. The van der Waals surface area contributed by atoms with Crippen LogP contribution in [0.2, 0.25) is 0 Å². The van der Waals surface area contributed by atoms with Crippen LogP contribution in [0.1, 0.15) is 11.1 Å². The Morgan fingerprint density at radius 2 is 1.88 bits per heavy atom. The minimum absolute atomic E-state index is 0.156. The highest BCUT2D eigenvalue weighted by molar-refractivity contribution is 7.90. The van der Waals surface area contributed by atoms with Gasteiger partial charge < -0.3 is 4.90 Å². The van der Waals surface area contributed by atoms with Crippen molar-refractivity contribution < 1.29 is 12.8 Å². The van der Waals surface area contributed by atoms with Crippen LogP contribution in [0.15, 0.2) is 41.4 Å². The van der Waals surface area contributed by atoms with Crippen molar-refractivity contribution >= 4 is 20.9 Å². The second-order valence-electron chi connectivity index (χ2n) is 6.86. The molecule has 0 bridgehead atoms. The van der Waals surface area contributed by atoms with Gasteiger partial charge in [-0.05, 0) is 68.9 Å². The summed E-state index contributed by atoms with van der Waals surface area (Å²) >= 11 is 0. The quantitative estimate of drug-likeness (QED) is 0.564. The molecule has 0 aliphatic carbocycles. The summed E-state index contributed by atoms with van der Waals surface area (Å²) in [7, 11) is 0.260. The molecule has 4 nitrogen and oxygen atoms in total. The molecule has 0 saturated carbocycles. The third kappa shape index (κ3) is 2.40. The number of aromatic nitrogens is 1. The Kier molecular flexibility index (Phi) is 3.53. The number of hydrogen-bond acceptors (Lipinski definition) is 3. The number of aryl methyl sites for hydroxylation is 1. The Bertz CT molecular complexity index is 1110. The Morgan fingerprint density at radius 1 is 1.12 bits per heavy atom. The van der Waals surface area contributed by atoms with Crippen molar-refractivity contribution in [3.05, 3.63) is 53.5 Å². The van der Waals surface area contributed by atoms with Gasteiger partial charge in [-0.3, -0.25) is 0 Å². The third-order valence-corrected chi connectivity index (χ3v) is 6.41. The summed E-state index contributed by atoms with van der Waals surface area (Å²) in [5, 5.41) is 0.926. The van der Waals surface area contributed by atoms with Crippen LogP contribution in [0.3, 0.4) is 0 Å². The summed E-state index contributed by atoms with van der Waals surface area (Å²) < 4.78 is 41.3. The molecule has 6 heteroatoms. The van der Waals surface area contributed by atoms with E-state index in [0.29, 0.717) is 11.1 Å². The van der Waals surface area contributed by atoms with E-state index in [4.69, 9.17) is 0 Å². The number of fused-ring (bicyclic) bond motifs is 2. The van der Waals surface area contributed by atoms with Gasteiger partial charge in [-0.25, -0.2) is 16.8 Å². The van der Waals surface area contributed by atoms with Gasteiger partial charge in [0.05, 0.1) is 10.4 Å². The molecule has 1 aromatic heterocycles. The monoisotopic (exact) mass is 358 g/mol. The maximum atomic E-state index is 13.8. The first-order valence-corrected chi connectivity index (χ1v) is 9.58. The van der Waals surface area contributed by atoms with Crippen molar-refractivity contribution in [1.82, 2.24) is 8.87 Å². The molecular formula is C19H19FN2O2S. The van der Waals surface area contributed by atoms with Gasteiger partial charge in [0.2, 0.25) is 0 Å². The SMILES string of the molecule is Cc1cc2c3c(c1)c(CCN(C)C)cn3S(=O)(=O)c1ccc(F)cc1-2. The molecule has 0 atom stereocenters. The van der Waals surface area contributed by atoms with E-state index in [1.807, 2.05) is 33.2 Å². The van der Waals surface area contributed by atoms with E-state index in [2.05, 4.69) is 4.90 Å². The molecule has 1 aliphatic heterocycles. The molecule has 0 N–H and O–H groups in total. The van der Waals surface area contributed by atoms with Crippen LogP contribution < -0.4 is 0 Å². The van der Waals surface area contributed by atoms with Crippen LogP contribution in [-0.2, 0) is 16.4 Å². The first-order valence-electron chi connectivity index (χ1n) is 8.14. The molecule has 130 valence electrons. The smallest absolute Gasteiger partial charge is 0.268 e. The first kappa shape index (κ1) is 16.3. The highest BCUT2D eigenvalue weighted by Crippen LogP contribution is 2.42. The second-order valence-corrected chi connectivity index (χ2v) is 8.64. The zero-order valence-electron chi connectivity index (χ0n) is 14.4. The average molecular weight is 358 g/mol. The Hall–Kier alpha value is -2.18. The van der Waals surface area contributed by atoms with Crippen LogP contribution in [0.25, 0.3) is 22.0 Å². The first-order chi connectivity index (χ1) is 11.8. The van der Waals surface area contributed by atoms with Crippen LogP contribution in [-0.4, -0.2) is 37.9 Å². The standard InChI is InChI=1S/C19H19FN2O2S/c1-12-8-15-13(6-7-21(2)3)11-22-19(15)17(9-12)16-10-14(20)4-5-18(16)25(22,23)24/h4-5,8-11H,6-7H2,1-3H3. The zero-order valence-corrected chi connectivity index (χ0v) is 15.2. The van der Waals surface area contributed by atoms with Crippen LogP contribution >= 0.6 is 0 Å². The largest absolute Gasteiger partial charge is 0.309 e. The lowest BCUT2D eigenvalue weighted by molar-refractivity contribution is 0.414. The van der Waals surface area contributed by atoms with Crippen LogP contribution in [0.4, 0.5) is 4.39 Å². The average Bonchev–Trinajstić information content (AvgIpc) is 2.90. The molecule has 0 fully saturated rings. The Labute approximate surface area is 146 Å². The molecule has 2 heterocycles. The van der Waals surface area contributed by atoms with Crippen molar-refractivity contribution in [3.8, 4) is 11.1 Å². The predicted octanol–water partition coefficient (Wildman–Crippen LogP) is 3.41. The number of benzene rings is 2. The van der Waals surface area contributed by atoms with Gasteiger partial charge in [0.15, 0.2) is 0 Å². The summed E-state index contributed by atoms with van der Waals surface area (Å²) in [6.45, 7) is 2.80. The van der Waals surface area contributed by atoms with Crippen molar-refractivity contribution in [2.75, 3.05) is 20.6 Å². The van der Waals surface area contributed by atoms with E-state index in [9.17, 15) is 12.8 Å². The molecule has 2 aromatic carbocycles. The van der Waals surface area contributed by atoms with Crippen LogP contribution in [0, 0.1) is 12.7 Å². The highest BCUT2D eigenvalue weighted by Gasteiger charge is 2.31. The van der Waals surface area contributed by atoms with E-state index >= 15 is 0 Å². The molecule has 0 amide bonds. The van der Waals surface area contributed by atoms with Gasteiger partial charge in [-0.1, -0.05) is 0 Å². The number of rotatable bonds is 3. The minimum atomic E-state index is -3.72. The van der Waals surface area contributed by atoms with E-state index in [-0.39, 0.29) is 4.90 Å². The van der Waals surface area contributed by atoms with Gasteiger partial charge in [0.1, 0.15) is 5.82 Å². The van der Waals surface area contributed by atoms with E-state index < -0.39 is 15.8 Å².